The van der Waals surface area contributed by atoms with E-state index < -0.39 is 103 Å². The standard InChI is InChI=1S/C78H108FN13O22S2/c1-8-78(101)59-43-64-72-58(47-92(64)77(100)57(59)16-18-65(78)93)70-61(17-15-56-50(4)60(79)44-62(87-72)69(56)70)89-115(102,103)41-21-66(94)83-45-52-11-13-54(14-12-52)85-74(97)51(5)84-76(99)71(49(2)3)88-68(96)20-25-107-27-29-109-31-33-111-35-37-113-39-40-114-38-36-112-34-32-110-30-28-108-26-23-82-75(98)63(48-116(104,105)106)86-67(95)19-24-91-55(46-90(7)80-6)42-53-10-9-22-81-73(53)91/h9-14,22,42-44,49,51,61,63,71,80,89,101H,8,15-21,23-41,45-48H2,1-7H3,(H,82,98)(H,83,94)(H,84,99)(H,85,97)(H,86,95)(H,88,96)(H,104,105,106)/t51-,61-,63-,71-,78-/m0/s1. The third kappa shape index (κ3) is 25.7. The van der Waals surface area contributed by atoms with E-state index in [2.05, 4.69) is 47.0 Å². The van der Waals surface area contributed by atoms with Gasteiger partial charge < -0.3 is 84.0 Å². The molecular weight excluding hydrogens is 1550 g/mol. The third-order valence-electron chi connectivity index (χ3n) is 20.1. The Balaban J connectivity index is 0.549. The van der Waals surface area contributed by atoms with Crippen LogP contribution in [0.4, 0.5) is 10.1 Å². The van der Waals surface area contributed by atoms with Gasteiger partial charge in [0.2, 0.25) is 45.5 Å². The minimum atomic E-state index is -4.62. The number of nitrogens with one attached hydrogen (secondary N) is 8. The van der Waals surface area contributed by atoms with Crippen LogP contribution in [0.3, 0.4) is 0 Å². The molecule has 636 valence electrons. The van der Waals surface area contributed by atoms with Crippen molar-refractivity contribution in [1.29, 1.82) is 0 Å². The van der Waals surface area contributed by atoms with Gasteiger partial charge in [0.15, 0.2) is 5.78 Å². The van der Waals surface area contributed by atoms with Gasteiger partial charge in [-0.15, -0.1) is 0 Å². The smallest absolute Gasteiger partial charge is 0.267 e. The molecule has 2 aliphatic carbocycles. The number of ether oxygens (including phenoxy) is 8. The second kappa shape index (κ2) is 43.7. The Morgan fingerprint density at radius 3 is 1.92 bits per heavy atom. The van der Waals surface area contributed by atoms with Crippen molar-refractivity contribution in [3.8, 4) is 11.4 Å². The highest BCUT2D eigenvalue weighted by Gasteiger charge is 2.44. The number of nitrogens with zero attached hydrogens (tertiary/aromatic N) is 5. The summed E-state index contributed by atoms with van der Waals surface area (Å²) in [6, 6.07) is 10.8. The SMILES string of the molecule is CC[C@@]1(O)C(=O)CCc2c1cc1n(c2=O)Cc2c-1nc1cc(F)c(C)c3c1c2[C@@H](NS(=O)(=O)CCC(=O)NCc1ccc(NC(=O)[C@H](C)NC(=O)[C@@H](NC(=O)CCOCCOCCOCCOCCOCCOCCOCCOCCNC(=O)[C@H](CS(=O)(=O)O)NC(=O)CCn2c(CN(C)NC)cc4cccnc42)C(C)C)cc1)CC3. The minimum absolute atomic E-state index is 0.00604. The predicted octanol–water partition coefficient (Wildman–Crippen LogP) is 2.20. The Morgan fingerprint density at radius 2 is 1.32 bits per heavy atom. The topological polar surface area (TPSA) is 454 Å². The molecule has 5 heterocycles. The zero-order chi connectivity index (χ0) is 83.7. The molecule has 0 radical (unpaired) electrons. The average Bonchev–Trinajstić information content (AvgIpc) is 1.52. The number of amides is 6. The molecule has 6 amide bonds. The average molecular weight is 1660 g/mol. The van der Waals surface area contributed by atoms with Gasteiger partial charge in [-0.2, -0.15) is 8.42 Å². The molecule has 2 aromatic carbocycles. The van der Waals surface area contributed by atoms with E-state index >= 15 is 4.39 Å². The van der Waals surface area contributed by atoms with E-state index in [1.54, 1.807) is 71.3 Å². The Hall–Kier alpha value is -8.71. The molecule has 35 nitrogen and oxygen atoms in total. The highest BCUT2D eigenvalue weighted by Crippen LogP contribution is 2.46. The summed E-state index contributed by atoms with van der Waals surface area (Å²) in [6.07, 6.45) is 1.93. The summed E-state index contributed by atoms with van der Waals surface area (Å²) in [5.74, 6) is -6.24. The molecule has 3 aliphatic rings. The molecule has 4 aromatic heterocycles. The number of rotatable bonds is 51. The molecule has 6 aromatic rings. The van der Waals surface area contributed by atoms with Crippen molar-refractivity contribution in [3.05, 3.63) is 122 Å². The van der Waals surface area contributed by atoms with E-state index in [9.17, 15) is 64.9 Å². The number of anilines is 1. The fourth-order valence-electron chi connectivity index (χ4n) is 13.8. The summed E-state index contributed by atoms with van der Waals surface area (Å²) in [7, 11) is -5.12. The third-order valence-corrected chi connectivity index (χ3v) is 22.3. The minimum Gasteiger partial charge on any atom is -0.379 e. The maximum atomic E-state index is 15.5. The zero-order valence-corrected chi connectivity index (χ0v) is 68.2. The summed E-state index contributed by atoms with van der Waals surface area (Å²) in [5, 5.41) is 30.7. The number of carbonyl (C=O) groups is 7. The van der Waals surface area contributed by atoms with Gasteiger partial charge in [-0.05, 0) is 111 Å². The maximum absolute atomic E-state index is 15.5. The number of ketones is 1. The van der Waals surface area contributed by atoms with Crippen LogP contribution < -0.4 is 47.6 Å². The van der Waals surface area contributed by atoms with Crippen molar-refractivity contribution in [2.24, 2.45) is 5.92 Å². The van der Waals surface area contributed by atoms with Gasteiger partial charge in [-0.3, -0.25) is 48.3 Å². The van der Waals surface area contributed by atoms with Crippen molar-refractivity contribution in [3.63, 3.8) is 0 Å². The van der Waals surface area contributed by atoms with Gasteiger partial charge >= 0.3 is 0 Å². The van der Waals surface area contributed by atoms with Gasteiger partial charge in [0, 0.05) is 110 Å². The highest BCUT2D eigenvalue weighted by atomic mass is 32.2. The number of Topliss-reactive ketones (excluding diaryl/α,β-unsaturated/α-hetero) is 1. The lowest BCUT2D eigenvalue weighted by atomic mass is 9.77. The molecule has 0 saturated heterocycles. The first kappa shape index (κ1) is 91.2. The molecule has 38 heteroatoms. The van der Waals surface area contributed by atoms with Crippen LogP contribution in [0.2, 0.25) is 0 Å². The van der Waals surface area contributed by atoms with Gasteiger partial charge in [0.1, 0.15) is 40.9 Å². The molecule has 0 saturated carbocycles. The molecule has 5 atom stereocenters. The number of aryl methyl sites for hydroxylation is 2. The van der Waals surface area contributed by atoms with Crippen molar-refractivity contribution in [2.45, 2.75) is 142 Å². The summed E-state index contributed by atoms with van der Waals surface area (Å²) >= 11 is 0. The summed E-state index contributed by atoms with van der Waals surface area (Å²) in [5.41, 5.74) is 7.08. The fraction of sp³-hybridized carbons (Fsp3) is 0.564. The monoisotopic (exact) mass is 1660 g/mol. The lowest BCUT2D eigenvalue weighted by molar-refractivity contribution is -0.140. The molecule has 0 unspecified atom stereocenters. The maximum Gasteiger partial charge on any atom is 0.267 e. The number of aromatic nitrogens is 4. The number of carbonyl (C=O) groups excluding carboxylic acids is 7. The Bertz CT molecular complexity index is 4720. The Labute approximate surface area is 673 Å². The van der Waals surface area contributed by atoms with Crippen LogP contribution in [0, 0.1) is 18.7 Å². The van der Waals surface area contributed by atoms with Gasteiger partial charge in [-0.25, -0.2) is 32.5 Å². The first-order valence-corrected chi connectivity index (χ1v) is 42.1. The van der Waals surface area contributed by atoms with Crippen LogP contribution in [0.1, 0.15) is 117 Å². The molecular formula is C78H108FN13O22S2. The fourth-order valence-corrected chi connectivity index (χ4v) is 15.7. The van der Waals surface area contributed by atoms with Gasteiger partial charge in [-0.1, -0.05) is 32.9 Å². The van der Waals surface area contributed by atoms with Crippen molar-refractivity contribution in [1.82, 2.24) is 60.8 Å². The van der Waals surface area contributed by atoms with E-state index in [1.807, 2.05) is 34.8 Å². The van der Waals surface area contributed by atoms with Crippen molar-refractivity contribution < 1.29 is 102 Å². The lowest BCUT2D eigenvalue weighted by Gasteiger charge is -2.32. The largest absolute Gasteiger partial charge is 0.379 e. The molecule has 0 bridgehead atoms. The molecule has 10 N–H and O–H groups in total. The van der Waals surface area contributed by atoms with E-state index in [-0.39, 0.29) is 139 Å². The van der Waals surface area contributed by atoms with Crippen molar-refractivity contribution >= 4 is 89.0 Å². The number of halogens is 1. The Morgan fingerprint density at radius 1 is 0.707 bits per heavy atom. The molecule has 0 fully saturated rings. The quantitative estimate of drug-likeness (QED) is 0.0148. The number of aliphatic hydroxyl groups is 1. The normalized spacial score (nSPS) is 15.9. The van der Waals surface area contributed by atoms with E-state index in [0.717, 1.165) is 11.1 Å². The highest BCUT2D eigenvalue weighted by molar-refractivity contribution is 7.89. The second-order valence-corrected chi connectivity index (χ2v) is 32.1. The first-order valence-electron chi connectivity index (χ1n) is 38.9. The number of pyridine rings is 3. The number of hydrazine groups is 1. The molecule has 1 aliphatic heterocycles. The second-order valence-electron chi connectivity index (χ2n) is 28.8. The van der Waals surface area contributed by atoms with Gasteiger partial charge in [0.05, 0.1) is 141 Å². The predicted molar refractivity (Wildman–Crippen MR) is 424 cm³/mol. The lowest BCUT2D eigenvalue weighted by Crippen LogP contribution is -2.53. The number of fused-ring (bicyclic) bond motifs is 6. The van der Waals surface area contributed by atoms with Crippen LogP contribution in [0.15, 0.2) is 65.6 Å². The summed E-state index contributed by atoms with van der Waals surface area (Å²) < 4.78 is 127. The molecule has 116 heavy (non-hydrogen) atoms. The molecule has 9 rings (SSSR count). The number of benzene rings is 2. The zero-order valence-electron chi connectivity index (χ0n) is 66.6. The number of hydrogen-bond acceptors (Lipinski definition) is 25. The van der Waals surface area contributed by atoms with E-state index in [4.69, 9.17) is 42.9 Å². The number of sulfonamides is 1. The van der Waals surface area contributed by atoms with Crippen LogP contribution in [0.5, 0.6) is 0 Å². The Kier molecular flexibility index (Phi) is 34.3. The molecule has 0 spiro atoms. The van der Waals surface area contributed by atoms with Gasteiger partial charge in [0.25, 0.3) is 15.7 Å². The number of hydrogen-bond donors (Lipinski definition) is 10. The van der Waals surface area contributed by atoms with E-state index in [0.29, 0.717) is 141 Å². The van der Waals surface area contributed by atoms with Crippen LogP contribution in [-0.2, 0) is 136 Å². The van der Waals surface area contributed by atoms with Crippen molar-refractivity contribution in [2.75, 3.05) is 143 Å². The first-order chi connectivity index (χ1) is 55.5. The van der Waals surface area contributed by atoms with Crippen LogP contribution in [0.25, 0.3) is 33.3 Å². The van der Waals surface area contributed by atoms with Crippen LogP contribution in [-0.4, -0.2) is 248 Å². The van der Waals surface area contributed by atoms with Crippen LogP contribution >= 0.6 is 0 Å². The van der Waals surface area contributed by atoms with E-state index in [1.165, 1.54) is 17.6 Å². The summed E-state index contributed by atoms with van der Waals surface area (Å²) in [6.45, 7) is 13.6. The summed E-state index contributed by atoms with van der Waals surface area (Å²) in [4.78, 5) is 115.